The molecule has 0 aliphatic heterocycles. The fourth-order valence-electron chi connectivity index (χ4n) is 3.56. The fraction of sp³-hybridized carbons (Fsp3) is 0.227. The van der Waals surface area contributed by atoms with Crippen molar-refractivity contribution < 1.29 is 13.2 Å². The molecule has 0 spiro atoms. The van der Waals surface area contributed by atoms with Crippen LogP contribution < -0.4 is 0 Å². The molecule has 26 heavy (non-hydrogen) atoms. The highest BCUT2D eigenvalue weighted by atomic mass is 19.4. The molecule has 0 saturated heterocycles. The van der Waals surface area contributed by atoms with Crippen molar-refractivity contribution in [1.82, 2.24) is 4.98 Å². The van der Waals surface area contributed by atoms with Gasteiger partial charge >= 0.3 is 6.18 Å². The maximum absolute atomic E-state index is 12.8. The number of hydrogen-bond acceptors (Lipinski definition) is 1. The van der Waals surface area contributed by atoms with Crippen LogP contribution in [0.2, 0.25) is 0 Å². The average Bonchev–Trinajstić information content (AvgIpc) is 2.67. The predicted octanol–water partition coefficient (Wildman–Crippen LogP) is 6.31. The van der Waals surface area contributed by atoms with Crippen LogP contribution in [0.3, 0.4) is 0 Å². The van der Waals surface area contributed by atoms with E-state index in [1.54, 1.807) is 0 Å². The molecular weight excluding hydrogens is 335 g/mol. The van der Waals surface area contributed by atoms with Gasteiger partial charge in [-0.2, -0.15) is 13.2 Å². The quantitative estimate of drug-likeness (QED) is 0.526. The first-order chi connectivity index (χ1) is 12.5. The molecule has 3 aromatic rings. The van der Waals surface area contributed by atoms with E-state index in [1.807, 2.05) is 24.3 Å². The molecule has 132 valence electrons. The first kappa shape index (κ1) is 16.8. The number of aryl methyl sites for hydroxylation is 1. The summed E-state index contributed by atoms with van der Waals surface area (Å²) in [4.78, 5) is 4.78. The molecule has 0 unspecified atom stereocenters. The smallest absolute Gasteiger partial charge is 0.253 e. The lowest BCUT2D eigenvalue weighted by molar-refractivity contribution is -0.137. The van der Waals surface area contributed by atoms with Gasteiger partial charge in [-0.15, -0.1) is 0 Å². The van der Waals surface area contributed by atoms with E-state index in [4.69, 9.17) is 4.98 Å². The number of pyridine rings is 1. The first-order valence-electron chi connectivity index (χ1n) is 8.78. The van der Waals surface area contributed by atoms with Gasteiger partial charge in [0, 0.05) is 11.3 Å². The Bertz CT molecular complexity index is 913. The van der Waals surface area contributed by atoms with Gasteiger partial charge in [-0.1, -0.05) is 42.5 Å². The Balaban J connectivity index is 1.82. The summed E-state index contributed by atoms with van der Waals surface area (Å²) in [5.41, 5.74) is 5.43. The van der Waals surface area contributed by atoms with Crippen LogP contribution in [0.4, 0.5) is 13.2 Å². The molecule has 4 rings (SSSR count). The highest BCUT2D eigenvalue weighted by Gasteiger charge is 2.30. The van der Waals surface area contributed by atoms with Crippen molar-refractivity contribution in [2.75, 3.05) is 0 Å². The predicted molar refractivity (Wildman–Crippen MR) is 96.8 cm³/mol. The van der Waals surface area contributed by atoms with E-state index in [2.05, 4.69) is 12.1 Å². The van der Waals surface area contributed by atoms with Gasteiger partial charge in [-0.25, -0.2) is 0 Å². The normalized spacial score (nSPS) is 14.1. The largest absolute Gasteiger partial charge is 0.416 e. The molecular formula is C22H18F3N. The lowest BCUT2D eigenvalue weighted by Gasteiger charge is -2.20. The lowest BCUT2D eigenvalue weighted by atomic mass is 9.88. The third-order valence-electron chi connectivity index (χ3n) is 4.89. The SMILES string of the molecule is FC(F)(F)c1ccc(-c2cc(-c3ccccc3)c3c(n2)CCCC3)cc1. The summed E-state index contributed by atoms with van der Waals surface area (Å²) < 4.78 is 38.5. The van der Waals surface area contributed by atoms with Gasteiger partial charge < -0.3 is 0 Å². The van der Waals surface area contributed by atoms with E-state index < -0.39 is 11.7 Å². The summed E-state index contributed by atoms with van der Waals surface area (Å²) in [6, 6.07) is 17.4. The van der Waals surface area contributed by atoms with Crippen LogP contribution >= 0.6 is 0 Å². The Morgan fingerprint density at radius 3 is 2.15 bits per heavy atom. The minimum absolute atomic E-state index is 0.637. The van der Waals surface area contributed by atoms with Crippen LogP contribution in [0, 0.1) is 0 Å². The van der Waals surface area contributed by atoms with Crippen molar-refractivity contribution >= 4 is 0 Å². The van der Waals surface area contributed by atoms with Gasteiger partial charge in [0.25, 0.3) is 0 Å². The van der Waals surface area contributed by atoms with Crippen molar-refractivity contribution in [2.24, 2.45) is 0 Å². The highest BCUT2D eigenvalue weighted by Crippen LogP contribution is 2.35. The van der Waals surface area contributed by atoms with Crippen LogP contribution in [-0.2, 0) is 19.0 Å². The van der Waals surface area contributed by atoms with Crippen molar-refractivity contribution in [3.63, 3.8) is 0 Å². The summed E-state index contributed by atoms with van der Waals surface area (Å²) in [5, 5.41) is 0. The zero-order valence-electron chi connectivity index (χ0n) is 14.2. The van der Waals surface area contributed by atoms with Gasteiger partial charge in [-0.05, 0) is 60.6 Å². The van der Waals surface area contributed by atoms with Crippen LogP contribution in [0.5, 0.6) is 0 Å². The maximum Gasteiger partial charge on any atom is 0.416 e. The number of hydrogen-bond donors (Lipinski definition) is 0. The summed E-state index contributed by atoms with van der Waals surface area (Å²) in [7, 11) is 0. The van der Waals surface area contributed by atoms with E-state index in [9.17, 15) is 13.2 Å². The number of benzene rings is 2. The zero-order chi connectivity index (χ0) is 18.1. The summed E-state index contributed by atoms with van der Waals surface area (Å²) in [5.74, 6) is 0. The maximum atomic E-state index is 12.8. The molecule has 1 aliphatic carbocycles. The van der Waals surface area contributed by atoms with Gasteiger partial charge in [0.05, 0.1) is 11.3 Å². The molecule has 0 N–H and O–H groups in total. The van der Waals surface area contributed by atoms with Crippen molar-refractivity contribution in [3.8, 4) is 22.4 Å². The van der Waals surface area contributed by atoms with Crippen LogP contribution in [-0.4, -0.2) is 4.98 Å². The van der Waals surface area contributed by atoms with E-state index in [-0.39, 0.29) is 0 Å². The standard InChI is InChI=1S/C22H18F3N/c23-22(24,25)17-12-10-16(11-13-17)21-14-19(15-6-2-1-3-7-15)18-8-4-5-9-20(18)26-21/h1-3,6-7,10-14H,4-5,8-9H2. The molecule has 0 amide bonds. The minimum Gasteiger partial charge on any atom is -0.253 e. The number of rotatable bonds is 2. The van der Waals surface area contributed by atoms with Crippen molar-refractivity contribution in [2.45, 2.75) is 31.9 Å². The molecule has 2 aromatic carbocycles. The second-order valence-corrected chi connectivity index (χ2v) is 6.63. The topological polar surface area (TPSA) is 12.9 Å². The molecule has 0 fully saturated rings. The number of halogens is 3. The zero-order valence-corrected chi connectivity index (χ0v) is 14.2. The molecule has 4 heteroatoms. The molecule has 1 aliphatic rings. The Labute approximate surface area is 150 Å². The second-order valence-electron chi connectivity index (χ2n) is 6.63. The molecule has 0 saturated carbocycles. The van der Waals surface area contributed by atoms with Crippen LogP contribution in [0.15, 0.2) is 60.7 Å². The van der Waals surface area contributed by atoms with Crippen LogP contribution in [0.1, 0.15) is 29.7 Å². The molecule has 0 radical (unpaired) electrons. The van der Waals surface area contributed by atoms with Gasteiger partial charge in [0.1, 0.15) is 0 Å². The third-order valence-corrected chi connectivity index (χ3v) is 4.89. The second kappa shape index (κ2) is 6.60. The Morgan fingerprint density at radius 2 is 1.46 bits per heavy atom. The summed E-state index contributed by atoms with van der Waals surface area (Å²) >= 11 is 0. The minimum atomic E-state index is -4.32. The number of aromatic nitrogens is 1. The molecule has 0 bridgehead atoms. The molecule has 0 atom stereocenters. The Hall–Kier alpha value is -2.62. The first-order valence-corrected chi connectivity index (χ1v) is 8.78. The van der Waals surface area contributed by atoms with Crippen LogP contribution in [0.25, 0.3) is 22.4 Å². The molecule has 1 nitrogen and oxygen atoms in total. The fourth-order valence-corrected chi connectivity index (χ4v) is 3.56. The number of fused-ring (bicyclic) bond motifs is 1. The average molecular weight is 353 g/mol. The molecule has 1 heterocycles. The Kier molecular flexibility index (Phi) is 4.27. The lowest BCUT2D eigenvalue weighted by Crippen LogP contribution is -2.08. The summed E-state index contributed by atoms with van der Waals surface area (Å²) in [6.07, 6.45) is -0.153. The van der Waals surface area contributed by atoms with E-state index in [1.165, 1.54) is 17.7 Å². The molecule has 1 aromatic heterocycles. The Morgan fingerprint density at radius 1 is 0.769 bits per heavy atom. The third kappa shape index (κ3) is 3.24. The number of alkyl halides is 3. The summed E-state index contributed by atoms with van der Waals surface area (Å²) in [6.45, 7) is 0. The van der Waals surface area contributed by atoms with Crippen molar-refractivity contribution in [3.05, 3.63) is 77.5 Å². The van der Waals surface area contributed by atoms with E-state index >= 15 is 0 Å². The van der Waals surface area contributed by atoms with Gasteiger partial charge in [0.15, 0.2) is 0 Å². The highest BCUT2D eigenvalue weighted by molar-refractivity contribution is 5.74. The van der Waals surface area contributed by atoms with Gasteiger partial charge in [0.2, 0.25) is 0 Å². The van der Waals surface area contributed by atoms with E-state index in [0.717, 1.165) is 60.3 Å². The number of nitrogens with zero attached hydrogens (tertiary/aromatic N) is 1. The van der Waals surface area contributed by atoms with Gasteiger partial charge in [-0.3, -0.25) is 4.98 Å². The monoisotopic (exact) mass is 353 g/mol. The van der Waals surface area contributed by atoms with Crippen molar-refractivity contribution in [1.29, 1.82) is 0 Å². The van der Waals surface area contributed by atoms with E-state index in [0.29, 0.717) is 5.56 Å².